The quantitative estimate of drug-likeness (QED) is 0.562. The second-order valence-corrected chi connectivity index (χ2v) is 4.89. The van der Waals surface area contributed by atoms with Crippen LogP contribution in [0.1, 0.15) is 51.9 Å². The molecule has 1 fully saturated rings. The van der Waals surface area contributed by atoms with Gasteiger partial charge in [0.05, 0.1) is 0 Å². The minimum atomic E-state index is -0.414. The summed E-state index contributed by atoms with van der Waals surface area (Å²) in [5, 5.41) is 20.4. The Morgan fingerprint density at radius 1 is 1.44 bits per heavy atom. The van der Waals surface area contributed by atoms with Gasteiger partial charge in [-0.3, -0.25) is 10.1 Å². The van der Waals surface area contributed by atoms with Crippen molar-refractivity contribution in [3.63, 3.8) is 0 Å². The van der Waals surface area contributed by atoms with Crippen LogP contribution in [0.5, 0.6) is 0 Å². The van der Waals surface area contributed by atoms with Crippen molar-refractivity contribution >= 4 is 0 Å². The van der Waals surface area contributed by atoms with Gasteiger partial charge in [-0.2, -0.15) is 0 Å². The van der Waals surface area contributed by atoms with E-state index in [1.54, 1.807) is 0 Å². The van der Waals surface area contributed by atoms with E-state index in [2.05, 4.69) is 6.92 Å². The van der Waals surface area contributed by atoms with E-state index in [0.29, 0.717) is 6.42 Å². The molecule has 94 valence electrons. The number of aliphatic hydroxyl groups excluding tert-OH is 1. The van der Waals surface area contributed by atoms with Gasteiger partial charge in [0, 0.05) is 23.9 Å². The van der Waals surface area contributed by atoms with Gasteiger partial charge in [-0.25, -0.2) is 0 Å². The summed E-state index contributed by atoms with van der Waals surface area (Å²) in [7, 11) is 0. The molecule has 16 heavy (non-hydrogen) atoms. The first-order chi connectivity index (χ1) is 7.70. The molecule has 0 aromatic heterocycles. The third-order valence-electron chi connectivity index (χ3n) is 3.82. The molecular formula is C12H23NO3. The van der Waals surface area contributed by atoms with E-state index in [4.69, 9.17) is 0 Å². The third kappa shape index (κ3) is 3.44. The lowest BCUT2D eigenvalue weighted by Crippen LogP contribution is -2.38. The summed E-state index contributed by atoms with van der Waals surface area (Å²) in [5.41, 5.74) is 0. The van der Waals surface area contributed by atoms with Crippen LogP contribution in [0, 0.1) is 22.0 Å². The molecule has 0 saturated heterocycles. The number of aliphatic hydroxyl groups is 1. The first-order valence-corrected chi connectivity index (χ1v) is 6.45. The number of unbranched alkanes of at least 4 members (excludes halogenated alkanes) is 1. The highest BCUT2D eigenvalue weighted by Crippen LogP contribution is 2.34. The molecule has 0 bridgehead atoms. The molecule has 4 heteroatoms. The van der Waals surface area contributed by atoms with Crippen molar-refractivity contribution in [3.8, 4) is 0 Å². The average Bonchev–Trinajstić information content (AvgIpc) is 2.30. The maximum Gasteiger partial charge on any atom is 0.216 e. The smallest absolute Gasteiger partial charge is 0.216 e. The maximum atomic E-state index is 11.0. The van der Waals surface area contributed by atoms with E-state index in [1.165, 1.54) is 0 Å². The van der Waals surface area contributed by atoms with E-state index in [-0.39, 0.29) is 23.4 Å². The van der Waals surface area contributed by atoms with Crippen LogP contribution in [0.2, 0.25) is 0 Å². The predicted molar refractivity (Wildman–Crippen MR) is 62.8 cm³/mol. The van der Waals surface area contributed by atoms with Crippen molar-refractivity contribution in [1.82, 2.24) is 0 Å². The van der Waals surface area contributed by atoms with Gasteiger partial charge < -0.3 is 5.11 Å². The Labute approximate surface area is 97.2 Å². The minimum Gasteiger partial charge on any atom is -0.396 e. The molecule has 1 aliphatic rings. The number of hydrogen-bond acceptors (Lipinski definition) is 3. The van der Waals surface area contributed by atoms with E-state index < -0.39 is 6.04 Å². The van der Waals surface area contributed by atoms with Crippen LogP contribution < -0.4 is 0 Å². The zero-order chi connectivity index (χ0) is 12.0. The summed E-state index contributed by atoms with van der Waals surface area (Å²) < 4.78 is 0. The summed E-state index contributed by atoms with van der Waals surface area (Å²) in [6.07, 6.45) is 6.74. The van der Waals surface area contributed by atoms with Gasteiger partial charge >= 0.3 is 0 Å². The van der Waals surface area contributed by atoms with Crippen molar-refractivity contribution < 1.29 is 10.0 Å². The zero-order valence-electron chi connectivity index (χ0n) is 10.1. The first kappa shape index (κ1) is 13.4. The van der Waals surface area contributed by atoms with E-state index >= 15 is 0 Å². The summed E-state index contributed by atoms with van der Waals surface area (Å²) >= 11 is 0. The topological polar surface area (TPSA) is 63.4 Å². The predicted octanol–water partition coefficient (Wildman–Crippen LogP) is 2.62. The van der Waals surface area contributed by atoms with Crippen LogP contribution >= 0.6 is 0 Å². The number of hydrogen-bond donors (Lipinski definition) is 1. The number of nitro groups is 1. The SMILES string of the molecule is CCCC[C@H](CO)[C@@H]1CCCC[C@@H]1[N+](=O)[O-]. The van der Waals surface area contributed by atoms with Crippen molar-refractivity contribution in [3.05, 3.63) is 10.1 Å². The van der Waals surface area contributed by atoms with Gasteiger partial charge in [0.25, 0.3) is 0 Å². The molecule has 0 aliphatic heterocycles. The maximum absolute atomic E-state index is 11.0. The summed E-state index contributed by atoms with van der Waals surface area (Å²) in [4.78, 5) is 10.9. The van der Waals surface area contributed by atoms with Gasteiger partial charge in [0.15, 0.2) is 0 Å². The fraction of sp³-hybridized carbons (Fsp3) is 1.00. The van der Waals surface area contributed by atoms with Crippen LogP contribution in [-0.4, -0.2) is 22.7 Å². The Bertz CT molecular complexity index is 220. The van der Waals surface area contributed by atoms with Crippen molar-refractivity contribution in [2.75, 3.05) is 6.61 Å². The van der Waals surface area contributed by atoms with E-state index in [1.807, 2.05) is 0 Å². The molecule has 0 aromatic rings. The Hall–Kier alpha value is -0.640. The Morgan fingerprint density at radius 2 is 2.12 bits per heavy atom. The molecule has 3 atom stereocenters. The molecule has 1 saturated carbocycles. The highest BCUT2D eigenvalue weighted by atomic mass is 16.6. The molecule has 1 rings (SSSR count). The van der Waals surface area contributed by atoms with Crippen molar-refractivity contribution in [1.29, 1.82) is 0 Å². The first-order valence-electron chi connectivity index (χ1n) is 6.45. The Morgan fingerprint density at radius 3 is 2.69 bits per heavy atom. The van der Waals surface area contributed by atoms with Gasteiger partial charge in [0.1, 0.15) is 0 Å². The normalized spacial score (nSPS) is 27.6. The van der Waals surface area contributed by atoms with Gasteiger partial charge in [0.2, 0.25) is 6.04 Å². The van der Waals surface area contributed by atoms with Crippen LogP contribution in [0.3, 0.4) is 0 Å². The van der Waals surface area contributed by atoms with Crippen LogP contribution in [0.4, 0.5) is 0 Å². The molecule has 1 N–H and O–H groups in total. The third-order valence-corrected chi connectivity index (χ3v) is 3.82. The second kappa shape index (κ2) is 6.84. The van der Waals surface area contributed by atoms with Gasteiger partial charge in [-0.15, -0.1) is 0 Å². The summed E-state index contributed by atoms with van der Waals surface area (Å²) in [6, 6.07) is -0.414. The molecule has 0 aromatic carbocycles. The average molecular weight is 229 g/mol. The van der Waals surface area contributed by atoms with E-state index in [0.717, 1.165) is 38.5 Å². The lowest BCUT2D eigenvalue weighted by atomic mass is 9.75. The van der Waals surface area contributed by atoms with Crippen molar-refractivity contribution in [2.24, 2.45) is 11.8 Å². The summed E-state index contributed by atoms with van der Waals surface area (Å²) in [5.74, 6) is 0.232. The lowest BCUT2D eigenvalue weighted by molar-refractivity contribution is -0.538. The fourth-order valence-electron chi connectivity index (χ4n) is 2.86. The monoisotopic (exact) mass is 229 g/mol. The Kier molecular flexibility index (Phi) is 5.74. The molecule has 0 radical (unpaired) electrons. The minimum absolute atomic E-state index is 0.0975. The van der Waals surface area contributed by atoms with Gasteiger partial charge in [-0.05, 0) is 25.2 Å². The number of rotatable bonds is 6. The van der Waals surface area contributed by atoms with Crippen molar-refractivity contribution in [2.45, 2.75) is 57.9 Å². The molecule has 1 aliphatic carbocycles. The fourth-order valence-corrected chi connectivity index (χ4v) is 2.86. The molecule has 0 unspecified atom stereocenters. The van der Waals surface area contributed by atoms with Crippen LogP contribution in [0.25, 0.3) is 0 Å². The Balaban J connectivity index is 2.60. The standard InChI is InChI=1S/C12H23NO3/c1-2-3-6-10(9-14)11-7-4-5-8-12(11)13(15)16/h10-12,14H,2-9H2,1H3/t10-,11+,12+/m1/s1. The molecule has 4 nitrogen and oxygen atoms in total. The highest BCUT2D eigenvalue weighted by molar-refractivity contribution is 4.80. The second-order valence-electron chi connectivity index (χ2n) is 4.89. The molecule has 0 amide bonds. The molecule has 0 spiro atoms. The highest BCUT2D eigenvalue weighted by Gasteiger charge is 2.38. The van der Waals surface area contributed by atoms with E-state index in [9.17, 15) is 15.2 Å². The largest absolute Gasteiger partial charge is 0.396 e. The zero-order valence-corrected chi connectivity index (χ0v) is 10.1. The number of nitrogens with zero attached hydrogens (tertiary/aromatic N) is 1. The van der Waals surface area contributed by atoms with Crippen LogP contribution in [0.15, 0.2) is 0 Å². The summed E-state index contributed by atoms with van der Waals surface area (Å²) in [6.45, 7) is 2.22. The van der Waals surface area contributed by atoms with Gasteiger partial charge in [-0.1, -0.05) is 26.2 Å². The molecular weight excluding hydrogens is 206 g/mol. The van der Waals surface area contributed by atoms with Crippen LogP contribution in [-0.2, 0) is 0 Å². The molecule has 0 heterocycles. The lowest BCUT2D eigenvalue weighted by Gasteiger charge is -2.31.